The van der Waals surface area contributed by atoms with Crippen LogP contribution in [-0.4, -0.2) is 46.4 Å². The van der Waals surface area contributed by atoms with Gasteiger partial charge in [0.15, 0.2) is 12.4 Å². The van der Waals surface area contributed by atoms with Crippen molar-refractivity contribution in [2.75, 3.05) is 11.9 Å². The SMILES string of the molecule is Cc1cc(NC(=O)COC(=O)[C@@H](Cc2ccccc2)N2C(=O)[C@H]3CC=CC[C@H]3C2=O)no1. The Hall–Kier alpha value is -3.75. The average molecular weight is 437 g/mol. The Bertz CT molecular complexity index is 1030. The van der Waals surface area contributed by atoms with Gasteiger partial charge in [-0.25, -0.2) is 4.79 Å². The molecule has 1 aliphatic carbocycles. The number of aryl methyl sites for hydroxylation is 1. The van der Waals surface area contributed by atoms with Crippen LogP contribution in [0.3, 0.4) is 0 Å². The Morgan fingerprint density at radius 3 is 2.41 bits per heavy atom. The molecule has 0 unspecified atom stereocenters. The van der Waals surface area contributed by atoms with Crippen LogP contribution in [0.4, 0.5) is 5.82 Å². The second kappa shape index (κ2) is 9.17. The summed E-state index contributed by atoms with van der Waals surface area (Å²) in [6, 6.07) is 9.43. The molecule has 1 aromatic carbocycles. The molecule has 9 heteroatoms. The molecule has 1 N–H and O–H groups in total. The number of hydrogen-bond donors (Lipinski definition) is 1. The molecule has 166 valence electrons. The summed E-state index contributed by atoms with van der Waals surface area (Å²) in [7, 11) is 0. The summed E-state index contributed by atoms with van der Waals surface area (Å²) in [5.41, 5.74) is 0.769. The molecule has 1 aliphatic heterocycles. The molecule has 0 spiro atoms. The van der Waals surface area contributed by atoms with Gasteiger partial charge >= 0.3 is 5.97 Å². The van der Waals surface area contributed by atoms with Crippen molar-refractivity contribution in [1.82, 2.24) is 10.1 Å². The summed E-state index contributed by atoms with van der Waals surface area (Å²) in [5, 5.41) is 6.10. The zero-order chi connectivity index (χ0) is 22.7. The number of nitrogens with one attached hydrogen (secondary N) is 1. The van der Waals surface area contributed by atoms with E-state index >= 15 is 0 Å². The van der Waals surface area contributed by atoms with Crippen molar-refractivity contribution in [3.8, 4) is 0 Å². The van der Waals surface area contributed by atoms with Crippen LogP contribution in [0, 0.1) is 18.8 Å². The molecule has 3 atom stereocenters. The summed E-state index contributed by atoms with van der Waals surface area (Å²) in [6.45, 7) is 1.09. The number of carbonyl (C=O) groups is 4. The van der Waals surface area contributed by atoms with E-state index in [1.54, 1.807) is 19.1 Å². The van der Waals surface area contributed by atoms with Gasteiger partial charge in [-0.2, -0.15) is 0 Å². The van der Waals surface area contributed by atoms with Gasteiger partial charge in [0, 0.05) is 12.5 Å². The number of imide groups is 1. The standard InChI is InChI=1S/C23H23N3O6/c1-14-11-19(25-32-14)24-20(27)13-31-23(30)18(12-15-7-3-2-4-8-15)26-21(28)16-9-5-6-10-17(16)22(26)29/h2-8,11,16-18H,9-10,12-13H2,1H3,(H,24,25,27)/t16-,17+,18-/m1/s1. The Morgan fingerprint density at radius 1 is 1.16 bits per heavy atom. The number of likely N-dealkylation sites (tertiary alicyclic amines) is 1. The number of carbonyl (C=O) groups excluding carboxylic acids is 4. The molecule has 2 aromatic rings. The highest BCUT2D eigenvalue weighted by Gasteiger charge is 2.51. The summed E-state index contributed by atoms with van der Waals surface area (Å²) in [5.74, 6) is -2.37. The van der Waals surface area contributed by atoms with E-state index in [4.69, 9.17) is 9.26 Å². The summed E-state index contributed by atoms with van der Waals surface area (Å²) >= 11 is 0. The van der Waals surface area contributed by atoms with Gasteiger partial charge in [-0.3, -0.25) is 19.3 Å². The van der Waals surface area contributed by atoms with E-state index in [0.717, 1.165) is 10.5 Å². The first-order chi connectivity index (χ1) is 15.4. The minimum Gasteiger partial charge on any atom is -0.454 e. The molecule has 4 rings (SSSR count). The van der Waals surface area contributed by atoms with Crippen molar-refractivity contribution in [3.63, 3.8) is 0 Å². The number of hydrogen-bond acceptors (Lipinski definition) is 7. The van der Waals surface area contributed by atoms with Gasteiger partial charge in [-0.05, 0) is 25.3 Å². The molecule has 2 heterocycles. The lowest BCUT2D eigenvalue weighted by atomic mass is 9.85. The lowest BCUT2D eigenvalue weighted by Crippen LogP contribution is -2.48. The zero-order valence-electron chi connectivity index (χ0n) is 17.5. The molecular weight excluding hydrogens is 414 g/mol. The molecule has 32 heavy (non-hydrogen) atoms. The third-order valence-electron chi connectivity index (χ3n) is 5.64. The molecule has 0 saturated carbocycles. The number of anilines is 1. The zero-order valence-corrected chi connectivity index (χ0v) is 17.5. The van der Waals surface area contributed by atoms with Crippen LogP contribution in [-0.2, 0) is 30.3 Å². The fraction of sp³-hybridized carbons (Fsp3) is 0.348. The van der Waals surface area contributed by atoms with Gasteiger partial charge < -0.3 is 14.6 Å². The van der Waals surface area contributed by atoms with E-state index < -0.39 is 36.4 Å². The fourth-order valence-corrected chi connectivity index (χ4v) is 4.09. The summed E-state index contributed by atoms with van der Waals surface area (Å²) in [6.07, 6.45) is 4.82. The van der Waals surface area contributed by atoms with Crippen molar-refractivity contribution in [2.45, 2.75) is 32.2 Å². The maximum absolute atomic E-state index is 13.0. The lowest BCUT2D eigenvalue weighted by Gasteiger charge is -2.25. The molecule has 2 aliphatic rings. The van der Waals surface area contributed by atoms with Crippen molar-refractivity contribution in [1.29, 1.82) is 0 Å². The topological polar surface area (TPSA) is 119 Å². The highest BCUT2D eigenvalue weighted by atomic mass is 16.5. The average Bonchev–Trinajstić information content (AvgIpc) is 3.31. The van der Waals surface area contributed by atoms with Gasteiger partial charge in [-0.1, -0.05) is 47.6 Å². The number of allylic oxidation sites excluding steroid dienone is 2. The number of rotatable bonds is 7. The predicted molar refractivity (Wildman–Crippen MR) is 112 cm³/mol. The highest BCUT2D eigenvalue weighted by molar-refractivity contribution is 6.08. The Kier molecular flexibility index (Phi) is 6.16. The van der Waals surface area contributed by atoms with Crippen molar-refractivity contribution in [2.24, 2.45) is 11.8 Å². The van der Waals surface area contributed by atoms with Gasteiger partial charge in [-0.15, -0.1) is 0 Å². The second-order valence-electron chi connectivity index (χ2n) is 7.89. The van der Waals surface area contributed by atoms with Crippen LogP contribution in [0.25, 0.3) is 0 Å². The first-order valence-electron chi connectivity index (χ1n) is 10.4. The molecule has 0 bridgehead atoms. The monoisotopic (exact) mass is 437 g/mol. The molecule has 1 saturated heterocycles. The smallest absolute Gasteiger partial charge is 0.330 e. The maximum Gasteiger partial charge on any atom is 0.330 e. The van der Waals surface area contributed by atoms with E-state index in [-0.39, 0.29) is 24.1 Å². The van der Waals surface area contributed by atoms with Gasteiger partial charge in [0.2, 0.25) is 11.8 Å². The van der Waals surface area contributed by atoms with Crippen molar-refractivity contribution in [3.05, 3.63) is 59.9 Å². The van der Waals surface area contributed by atoms with E-state index in [0.29, 0.717) is 18.6 Å². The van der Waals surface area contributed by atoms with E-state index in [1.807, 2.05) is 30.4 Å². The number of amides is 3. The largest absolute Gasteiger partial charge is 0.454 e. The van der Waals surface area contributed by atoms with E-state index in [1.165, 1.54) is 6.07 Å². The Balaban J connectivity index is 1.49. The predicted octanol–water partition coefficient (Wildman–Crippen LogP) is 2.03. The van der Waals surface area contributed by atoms with Crippen LogP contribution in [0.2, 0.25) is 0 Å². The Labute approximate surface area is 184 Å². The highest BCUT2D eigenvalue weighted by Crippen LogP contribution is 2.36. The van der Waals surface area contributed by atoms with Crippen molar-refractivity contribution < 1.29 is 28.4 Å². The minimum atomic E-state index is -1.15. The van der Waals surface area contributed by atoms with Crippen LogP contribution in [0.15, 0.2) is 53.1 Å². The fourth-order valence-electron chi connectivity index (χ4n) is 4.09. The number of ether oxygens (including phenoxy) is 1. The summed E-state index contributed by atoms with van der Waals surface area (Å²) < 4.78 is 10.1. The van der Waals surface area contributed by atoms with Crippen LogP contribution in [0.5, 0.6) is 0 Å². The molecule has 1 aromatic heterocycles. The number of esters is 1. The lowest BCUT2D eigenvalue weighted by molar-refractivity contribution is -0.160. The number of nitrogens with zero attached hydrogens (tertiary/aromatic N) is 2. The molecule has 1 fully saturated rings. The van der Waals surface area contributed by atoms with Crippen LogP contribution in [0.1, 0.15) is 24.2 Å². The van der Waals surface area contributed by atoms with Gasteiger partial charge in [0.05, 0.1) is 11.8 Å². The number of fused-ring (bicyclic) bond motifs is 1. The maximum atomic E-state index is 13.0. The number of aromatic nitrogens is 1. The van der Waals surface area contributed by atoms with Gasteiger partial charge in [0.1, 0.15) is 11.8 Å². The molecule has 9 nitrogen and oxygen atoms in total. The van der Waals surface area contributed by atoms with Gasteiger partial charge in [0.25, 0.3) is 5.91 Å². The first kappa shape index (κ1) is 21.5. The third-order valence-corrected chi connectivity index (χ3v) is 5.64. The quantitative estimate of drug-likeness (QED) is 0.400. The third kappa shape index (κ3) is 4.46. The van der Waals surface area contributed by atoms with E-state index in [9.17, 15) is 19.2 Å². The summed E-state index contributed by atoms with van der Waals surface area (Å²) in [4.78, 5) is 52.2. The first-order valence-corrected chi connectivity index (χ1v) is 10.4. The van der Waals surface area contributed by atoms with Crippen molar-refractivity contribution >= 4 is 29.5 Å². The molecule has 0 radical (unpaired) electrons. The normalized spacial score (nSPS) is 20.7. The van der Waals surface area contributed by atoms with Crippen LogP contribution < -0.4 is 5.32 Å². The minimum absolute atomic E-state index is 0.105. The van der Waals surface area contributed by atoms with E-state index in [2.05, 4.69) is 10.5 Å². The Morgan fingerprint density at radius 2 is 1.81 bits per heavy atom. The molecule has 3 amide bonds. The second-order valence-corrected chi connectivity index (χ2v) is 7.89. The number of benzene rings is 1. The molecular formula is C23H23N3O6. The van der Waals surface area contributed by atoms with Crippen LogP contribution >= 0.6 is 0 Å².